The lowest BCUT2D eigenvalue weighted by Crippen LogP contribution is -2.45. The first-order chi connectivity index (χ1) is 17.5. The average Bonchev–Trinajstić information content (AvgIpc) is 2.87. The Bertz CT molecular complexity index is 1390. The minimum Gasteiger partial charge on any atom is -0.381 e. The maximum atomic E-state index is 13.0. The molecule has 3 aromatic carbocycles. The molecule has 0 unspecified atom stereocenters. The van der Waals surface area contributed by atoms with Crippen LogP contribution in [0.5, 0.6) is 0 Å². The highest BCUT2D eigenvalue weighted by Crippen LogP contribution is 2.21. The van der Waals surface area contributed by atoms with Crippen LogP contribution < -0.4 is 14.8 Å². The smallest absolute Gasteiger partial charge is 0.250 e. The number of amides is 1. The molecule has 11 heteroatoms. The van der Waals surface area contributed by atoms with Crippen molar-refractivity contribution in [3.63, 3.8) is 0 Å². The van der Waals surface area contributed by atoms with Gasteiger partial charge in [0.15, 0.2) is 6.10 Å². The molecule has 9 nitrogen and oxygen atoms in total. The first-order valence-electron chi connectivity index (χ1n) is 11.7. The van der Waals surface area contributed by atoms with Crippen molar-refractivity contribution in [1.29, 1.82) is 0 Å². The number of rotatable bonds is 12. The first kappa shape index (κ1) is 28.5. The van der Waals surface area contributed by atoms with E-state index in [4.69, 9.17) is 0 Å². The van der Waals surface area contributed by atoms with Crippen molar-refractivity contribution in [2.45, 2.75) is 42.2 Å². The normalized spacial score (nSPS) is 13.6. The Morgan fingerprint density at radius 1 is 0.757 bits per heavy atom. The number of aliphatic hydroxyl groups is 1. The molecule has 0 heterocycles. The van der Waals surface area contributed by atoms with Gasteiger partial charge in [-0.2, -0.15) is 0 Å². The molecule has 3 rings (SSSR count). The molecule has 37 heavy (non-hydrogen) atoms. The van der Waals surface area contributed by atoms with Crippen LogP contribution in [0, 0.1) is 13.8 Å². The van der Waals surface area contributed by atoms with Gasteiger partial charge in [0.05, 0.1) is 15.8 Å². The summed E-state index contributed by atoms with van der Waals surface area (Å²) >= 11 is 0. The summed E-state index contributed by atoms with van der Waals surface area (Å²) in [6.07, 6.45) is -1.47. The summed E-state index contributed by atoms with van der Waals surface area (Å²) in [7, 11) is -7.73. The standard InChI is InChI=1S/C26H31N3O6S2/c1-19-9-13-22(14-10-19)36(32,33)28-18-6-17-27-26(31)25(30)24(21-7-4-3-5-8-21)29-37(34,35)23-15-11-20(2)12-16-23/h3-5,7-16,24-25,28-30H,6,17-18H2,1-2H3,(H,27,31)/t24-,25-/m1/s1. The van der Waals surface area contributed by atoms with Crippen LogP contribution >= 0.6 is 0 Å². The fraction of sp³-hybridized carbons (Fsp3) is 0.269. The van der Waals surface area contributed by atoms with Gasteiger partial charge in [-0.05, 0) is 50.1 Å². The Morgan fingerprint density at radius 2 is 1.27 bits per heavy atom. The number of carbonyl (C=O) groups is 1. The maximum absolute atomic E-state index is 13.0. The zero-order valence-corrected chi connectivity index (χ0v) is 22.2. The molecule has 0 radical (unpaired) electrons. The van der Waals surface area contributed by atoms with Gasteiger partial charge in [-0.1, -0.05) is 65.7 Å². The number of sulfonamides is 2. The number of nitrogens with one attached hydrogen (secondary N) is 3. The molecule has 0 aromatic heterocycles. The molecule has 0 fully saturated rings. The van der Waals surface area contributed by atoms with Crippen molar-refractivity contribution >= 4 is 26.0 Å². The lowest BCUT2D eigenvalue weighted by molar-refractivity contribution is -0.130. The van der Waals surface area contributed by atoms with Crippen molar-refractivity contribution in [3.8, 4) is 0 Å². The highest BCUT2D eigenvalue weighted by Gasteiger charge is 2.31. The van der Waals surface area contributed by atoms with Gasteiger partial charge in [0.1, 0.15) is 0 Å². The molecule has 3 aromatic rings. The SMILES string of the molecule is Cc1ccc(S(=O)(=O)NCCCNC(=O)[C@H](O)[C@H](NS(=O)(=O)c2ccc(C)cc2)c2ccccc2)cc1. The van der Waals surface area contributed by atoms with Crippen LogP contribution in [0.4, 0.5) is 0 Å². The van der Waals surface area contributed by atoms with Crippen LogP contribution in [0.2, 0.25) is 0 Å². The van der Waals surface area contributed by atoms with E-state index in [2.05, 4.69) is 14.8 Å². The van der Waals surface area contributed by atoms with Crippen molar-refractivity contribution in [2.24, 2.45) is 0 Å². The number of hydrogen-bond acceptors (Lipinski definition) is 6. The lowest BCUT2D eigenvalue weighted by Gasteiger charge is -2.24. The second-order valence-electron chi connectivity index (χ2n) is 8.62. The van der Waals surface area contributed by atoms with Gasteiger partial charge in [0, 0.05) is 13.1 Å². The number of aryl methyl sites for hydroxylation is 2. The van der Waals surface area contributed by atoms with Crippen LogP contribution in [0.1, 0.15) is 29.2 Å². The summed E-state index contributed by atoms with van der Waals surface area (Å²) in [5.74, 6) is -0.790. The van der Waals surface area contributed by atoms with Gasteiger partial charge >= 0.3 is 0 Å². The van der Waals surface area contributed by atoms with Gasteiger partial charge in [-0.3, -0.25) is 4.79 Å². The summed E-state index contributed by atoms with van der Waals surface area (Å²) < 4.78 is 55.6. The Balaban J connectivity index is 1.61. The van der Waals surface area contributed by atoms with Gasteiger partial charge in [-0.15, -0.1) is 0 Å². The summed E-state index contributed by atoms with van der Waals surface area (Å²) in [5, 5.41) is 13.3. The molecule has 4 N–H and O–H groups in total. The molecule has 0 saturated heterocycles. The monoisotopic (exact) mass is 545 g/mol. The molecular formula is C26H31N3O6S2. The van der Waals surface area contributed by atoms with E-state index in [0.717, 1.165) is 11.1 Å². The third-order valence-corrected chi connectivity index (χ3v) is 8.57. The van der Waals surface area contributed by atoms with E-state index in [0.29, 0.717) is 5.56 Å². The molecule has 0 aliphatic carbocycles. The number of hydrogen-bond donors (Lipinski definition) is 4. The predicted molar refractivity (Wildman–Crippen MR) is 141 cm³/mol. The quantitative estimate of drug-likeness (QED) is 0.257. The predicted octanol–water partition coefficient (Wildman–Crippen LogP) is 2.17. The van der Waals surface area contributed by atoms with E-state index in [9.17, 15) is 26.7 Å². The topological polar surface area (TPSA) is 142 Å². The van der Waals surface area contributed by atoms with E-state index in [1.54, 1.807) is 54.6 Å². The minimum atomic E-state index is -4.04. The molecular weight excluding hydrogens is 514 g/mol. The highest BCUT2D eigenvalue weighted by atomic mass is 32.2. The van der Waals surface area contributed by atoms with E-state index < -0.39 is 38.1 Å². The van der Waals surface area contributed by atoms with Gasteiger partial charge in [0.25, 0.3) is 5.91 Å². The summed E-state index contributed by atoms with van der Waals surface area (Å²) in [5.41, 5.74) is 2.24. The summed E-state index contributed by atoms with van der Waals surface area (Å²) in [6, 6.07) is 19.7. The van der Waals surface area contributed by atoms with Crippen molar-refractivity contribution in [2.75, 3.05) is 13.1 Å². The van der Waals surface area contributed by atoms with Gasteiger partial charge in [0.2, 0.25) is 20.0 Å². The molecule has 1 amide bonds. The first-order valence-corrected chi connectivity index (χ1v) is 14.6. The average molecular weight is 546 g/mol. The minimum absolute atomic E-state index is 0.00694. The maximum Gasteiger partial charge on any atom is 0.250 e. The van der Waals surface area contributed by atoms with Crippen molar-refractivity contribution < 1.29 is 26.7 Å². The largest absolute Gasteiger partial charge is 0.381 e. The third-order valence-electron chi connectivity index (χ3n) is 5.63. The fourth-order valence-corrected chi connectivity index (χ4v) is 5.79. The van der Waals surface area contributed by atoms with Crippen LogP contribution in [0.15, 0.2) is 88.7 Å². The third kappa shape index (κ3) is 7.94. The fourth-order valence-electron chi connectivity index (χ4n) is 3.49. The van der Waals surface area contributed by atoms with Crippen molar-refractivity contribution in [3.05, 3.63) is 95.6 Å². The van der Waals surface area contributed by atoms with Crippen LogP contribution in [0.3, 0.4) is 0 Å². The second kappa shape index (κ2) is 12.4. The number of aliphatic hydroxyl groups excluding tert-OH is 1. The highest BCUT2D eigenvalue weighted by molar-refractivity contribution is 7.89. The Hall–Kier alpha value is -3.09. The Kier molecular flexibility index (Phi) is 9.57. The Labute approximate surface area is 218 Å². The van der Waals surface area contributed by atoms with Crippen molar-refractivity contribution in [1.82, 2.24) is 14.8 Å². The molecule has 0 spiro atoms. The molecule has 0 aliphatic rings. The van der Waals surface area contributed by atoms with Gasteiger partial charge in [-0.25, -0.2) is 26.3 Å². The van der Waals surface area contributed by atoms with E-state index >= 15 is 0 Å². The summed E-state index contributed by atoms with van der Waals surface area (Å²) in [6.45, 7) is 3.82. The number of benzene rings is 3. The van der Waals surface area contributed by atoms with Crippen LogP contribution in [-0.2, 0) is 24.8 Å². The molecule has 0 aliphatic heterocycles. The zero-order valence-electron chi connectivity index (χ0n) is 20.6. The Morgan fingerprint density at radius 3 is 1.81 bits per heavy atom. The van der Waals surface area contributed by atoms with E-state index in [-0.39, 0.29) is 29.3 Å². The van der Waals surface area contributed by atoms with Crippen LogP contribution in [0.25, 0.3) is 0 Å². The molecule has 0 bridgehead atoms. The van der Waals surface area contributed by atoms with E-state index in [1.165, 1.54) is 24.3 Å². The van der Waals surface area contributed by atoms with Crippen LogP contribution in [-0.4, -0.2) is 47.0 Å². The van der Waals surface area contributed by atoms with Gasteiger partial charge < -0.3 is 10.4 Å². The molecule has 0 saturated carbocycles. The summed E-state index contributed by atoms with van der Waals surface area (Å²) in [4.78, 5) is 12.9. The molecule has 198 valence electrons. The zero-order chi connectivity index (χ0) is 27.1. The second-order valence-corrected chi connectivity index (χ2v) is 12.1. The van der Waals surface area contributed by atoms with E-state index in [1.807, 2.05) is 13.8 Å². The lowest BCUT2D eigenvalue weighted by atomic mass is 10.0. The number of carbonyl (C=O) groups excluding carboxylic acids is 1. The molecule has 2 atom stereocenters.